The van der Waals surface area contributed by atoms with E-state index in [-0.39, 0.29) is 17.9 Å². The highest BCUT2D eigenvalue weighted by Crippen LogP contribution is 2.23. The molecule has 3 heteroatoms. The zero-order valence-corrected chi connectivity index (χ0v) is 8.29. The largest absolute Gasteiger partial charge is 0.465 e. The summed E-state index contributed by atoms with van der Waals surface area (Å²) in [5.41, 5.74) is 5.85. The minimum absolute atomic E-state index is 0.0260. The van der Waals surface area contributed by atoms with Crippen LogP contribution in [0.25, 0.3) is 0 Å². The predicted octanol–water partition coefficient (Wildman–Crippen LogP) is 1.46. The van der Waals surface area contributed by atoms with Gasteiger partial charge in [-0.15, -0.1) is 0 Å². The Bertz CT molecular complexity index is 170. The summed E-state index contributed by atoms with van der Waals surface area (Å²) in [4.78, 5) is 11.5. The minimum Gasteiger partial charge on any atom is -0.465 e. The van der Waals surface area contributed by atoms with Crippen molar-refractivity contribution in [2.45, 2.75) is 45.1 Å². The summed E-state index contributed by atoms with van der Waals surface area (Å²) >= 11 is 0. The van der Waals surface area contributed by atoms with Gasteiger partial charge < -0.3 is 10.5 Å². The highest BCUT2D eigenvalue weighted by Gasteiger charge is 2.29. The molecule has 1 saturated carbocycles. The number of hydrogen-bond acceptors (Lipinski definition) is 3. The van der Waals surface area contributed by atoms with Crippen LogP contribution < -0.4 is 5.73 Å². The van der Waals surface area contributed by atoms with Gasteiger partial charge in [-0.25, -0.2) is 0 Å². The zero-order valence-electron chi connectivity index (χ0n) is 8.29. The van der Waals surface area contributed by atoms with Gasteiger partial charge in [-0.2, -0.15) is 0 Å². The number of esters is 1. The number of ether oxygens (including phenoxy) is 1. The molecule has 76 valence electrons. The summed E-state index contributed by atoms with van der Waals surface area (Å²) in [5, 5.41) is 0. The van der Waals surface area contributed by atoms with Crippen molar-refractivity contribution in [2.24, 2.45) is 11.7 Å². The number of nitrogens with two attached hydrogens (primary N) is 1. The van der Waals surface area contributed by atoms with Crippen molar-refractivity contribution in [3.63, 3.8) is 0 Å². The van der Waals surface area contributed by atoms with E-state index in [9.17, 15) is 4.79 Å². The molecule has 3 nitrogen and oxygen atoms in total. The third-order valence-corrected chi connectivity index (χ3v) is 2.57. The van der Waals surface area contributed by atoms with Gasteiger partial charge >= 0.3 is 5.97 Å². The van der Waals surface area contributed by atoms with Gasteiger partial charge in [-0.3, -0.25) is 4.79 Å². The topological polar surface area (TPSA) is 52.3 Å². The fourth-order valence-electron chi connectivity index (χ4n) is 1.76. The Morgan fingerprint density at radius 1 is 1.46 bits per heavy atom. The van der Waals surface area contributed by atoms with E-state index >= 15 is 0 Å². The van der Waals surface area contributed by atoms with Gasteiger partial charge in [0.15, 0.2) is 0 Å². The first-order valence-electron chi connectivity index (χ1n) is 5.18. The molecule has 2 N–H and O–H groups in total. The molecule has 0 spiro atoms. The maximum atomic E-state index is 11.5. The van der Waals surface area contributed by atoms with E-state index in [1.54, 1.807) is 0 Å². The summed E-state index contributed by atoms with van der Waals surface area (Å²) < 4.78 is 5.08. The van der Waals surface area contributed by atoms with Gasteiger partial charge in [-0.05, 0) is 19.3 Å². The number of rotatable bonds is 3. The molecule has 13 heavy (non-hydrogen) atoms. The lowest BCUT2D eigenvalue weighted by Crippen LogP contribution is -2.39. The van der Waals surface area contributed by atoms with Crippen LogP contribution in [0.4, 0.5) is 0 Å². The zero-order chi connectivity index (χ0) is 9.68. The number of hydrogen-bond donors (Lipinski definition) is 1. The first-order valence-corrected chi connectivity index (χ1v) is 5.18. The third kappa shape index (κ3) is 2.99. The van der Waals surface area contributed by atoms with E-state index in [0.717, 1.165) is 32.1 Å². The molecule has 0 saturated heterocycles. The van der Waals surface area contributed by atoms with Crippen LogP contribution in [0.1, 0.15) is 39.0 Å². The average Bonchev–Trinajstić information content (AvgIpc) is 2.15. The molecular formula is C10H19NO2. The van der Waals surface area contributed by atoms with Crippen molar-refractivity contribution in [3.8, 4) is 0 Å². The van der Waals surface area contributed by atoms with Crippen molar-refractivity contribution in [3.05, 3.63) is 0 Å². The third-order valence-electron chi connectivity index (χ3n) is 2.57. The summed E-state index contributed by atoms with van der Waals surface area (Å²) in [6.07, 6.45) is 5.02. The standard InChI is InChI=1S/C10H19NO2/c1-2-7-13-10(12)8-5-3-4-6-9(8)11/h8-9H,2-7,11H2,1H3. The molecule has 0 heterocycles. The molecule has 2 unspecified atom stereocenters. The Kier molecular flexibility index (Phi) is 4.22. The normalized spacial score (nSPS) is 28.5. The fraction of sp³-hybridized carbons (Fsp3) is 0.900. The van der Waals surface area contributed by atoms with Crippen molar-refractivity contribution >= 4 is 5.97 Å². The highest BCUT2D eigenvalue weighted by molar-refractivity contribution is 5.73. The van der Waals surface area contributed by atoms with Crippen LogP contribution in [0.2, 0.25) is 0 Å². The second kappa shape index (κ2) is 5.22. The van der Waals surface area contributed by atoms with Gasteiger partial charge in [0, 0.05) is 6.04 Å². The molecule has 0 radical (unpaired) electrons. The quantitative estimate of drug-likeness (QED) is 0.677. The van der Waals surface area contributed by atoms with Crippen molar-refractivity contribution in [2.75, 3.05) is 6.61 Å². The Labute approximate surface area is 79.6 Å². The van der Waals surface area contributed by atoms with Crippen molar-refractivity contribution in [1.82, 2.24) is 0 Å². The van der Waals surface area contributed by atoms with E-state index < -0.39 is 0 Å². The van der Waals surface area contributed by atoms with Crippen LogP contribution in [0.5, 0.6) is 0 Å². The molecule has 0 bridgehead atoms. The Hall–Kier alpha value is -0.570. The van der Waals surface area contributed by atoms with Crippen LogP contribution in [0.15, 0.2) is 0 Å². The van der Waals surface area contributed by atoms with Crippen LogP contribution in [-0.2, 0) is 9.53 Å². The molecule has 1 rings (SSSR count). The molecule has 0 amide bonds. The molecule has 0 aromatic rings. The van der Waals surface area contributed by atoms with Crippen molar-refractivity contribution < 1.29 is 9.53 Å². The predicted molar refractivity (Wildman–Crippen MR) is 51.2 cm³/mol. The summed E-state index contributed by atoms with van der Waals surface area (Å²) in [6, 6.07) is 0.0260. The lowest BCUT2D eigenvalue weighted by molar-refractivity contribution is -0.150. The first kappa shape index (κ1) is 10.5. The van der Waals surface area contributed by atoms with Gasteiger partial charge in [0.2, 0.25) is 0 Å². The monoisotopic (exact) mass is 185 g/mol. The van der Waals surface area contributed by atoms with E-state index in [0.29, 0.717) is 6.61 Å². The van der Waals surface area contributed by atoms with Crippen LogP contribution >= 0.6 is 0 Å². The summed E-state index contributed by atoms with van der Waals surface area (Å²) in [7, 11) is 0. The minimum atomic E-state index is -0.0888. The molecule has 0 aliphatic heterocycles. The second-order valence-corrected chi connectivity index (χ2v) is 3.72. The smallest absolute Gasteiger partial charge is 0.310 e. The van der Waals surface area contributed by atoms with Crippen molar-refractivity contribution in [1.29, 1.82) is 0 Å². The lowest BCUT2D eigenvalue weighted by Gasteiger charge is -2.26. The van der Waals surface area contributed by atoms with Gasteiger partial charge in [0.25, 0.3) is 0 Å². The second-order valence-electron chi connectivity index (χ2n) is 3.72. The molecule has 0 aromatic carbocycles. The van der Waals surface area contributed by atoms with Crippen LogP contribution in [-0.4, -0.2) is 18.6 Å². The summed E-state index contributed by atoms with van der Waals surface area (Å²) in [5.74, 6) is -0.130. The van der Waals surface area contributed by atoms with E-state index in [1.165, 1.54) is 0 Å². The van der Waals surface area contributed by atoms with Gasteiger partial charge in [0.05, 0.1) is 12.5 Å². The summed E-state index contributed by atoms with van der Waals surface area (Å²) in [6.45, 7) is 2.52. The van der Waals surface area contributed by atoms with E-state index in [4.69, 9.17) is 10.5 Å². The molecular weight excluding hydrogens is 166 g/mol. The maximum Gasteiger partial charge on any atom is 0.310 e. The van der Waals surface area contributed by atoms with Gasteiger partial charge in [-0.1, -0.05) is 19.8 Å². The molecule has 1 aliphatic carbocycles. The lowest BCUT2D eigenvalue weighted by atomic mass is 9.85. The Balaban J connectivity index is 2.35. The first-order chi connectivity index (χ1) is 6.25. The molecule has 2 atom stereocenters. The SMILES string of the molecule is CCCOC(=O)C1CCCCC1N. The fourth-order valence-corrected chi connectivity index (χ4v) is 1.76. The van der Waals surface area contributed by atoms with E-state index in [2.05, 4.69) is 0 Å². The Morgan fingerprint density at radius 2 is 2.15 bits per heavy atom. The number of carbonyl (C=O) groups is 1. The average molecular weight is 185 g/mol. The molecule has 1 aliphatic rings. The van der Waals surface area contributed by atoms with Crippen LogP contribution in [0, 0.1) is 5.92 Å². The number of carbonyl (C=O) groups excluding carboxylic acids is 1. The Morgan fingerprint density at radius 3 is 2.77 bits per heavy atom. The molecule has 1 fully saturated rings. The maximum absolute atomic E-state index is 11.5. The van der Waals surface area contributed by atoms with E-state index in [1.807, 2.05) is 6.92 Å². The van der Waals surface area contributed by atoms with Crippen LogP contribution in [0.3, 0.4) is 0 Å². The highest BCUT2D eigenvalue weighted by atomic mass is 16.5. The molecule has 0 aromatic heterocycles. The van der Waals surface area contributed by atoms with Gasteiger partial charge in [0.1, 0.15) is 0 Å².